The largest absolute Gasteiger partial charge is 0.278 e. The van der Waals surface area contributed by atoms with Crippen molar-refractivity contribution in [3.05, 3.63) is 18.0 Å². The zero-order valence-electron chi connectivity index (χ0n) is 7.15. The summed E-state index contributed by atoms with van der Waals surface area (Å²) in [6.45, 7) is 0.0476. The number of terminal acetylenes is 1. The second-order valence-electron chi connectivity index (χ2n) is 2.33. The fourth-order valence-electron chi connectivity index (χ4n) is 0.741. The van der Waals surface area contributed by atoms with E-state index in [4.69, 9.17) is 6.42 Å². The summed E-state index contributed by atoms with van der Waals surface area (Å²) in [6, 6.07) is 0. The van der Waals surface area contributed by atoms with Crippen molar-refractivity contribution in [1.29, 1.82) is 0 Å². The molecule has 0 fully saturated rings. The van der Waals surface area contributed by atoms with Gasteiger partial charge in [0.05, 0.1) is 11.8 Å². The number of aromatic nitrogens is 2. The summed E-state index contributed by atoms with van der Waals surface area (Å²) in [4.78, 5) is 15.8. The maximum Gasteiger partial charge on any atom is 0.278 e. The van der Waals surface area contributed by atoms with Gasteiger partial charge in [-0.05, 0) is 0 Å². The molecule has 0 aliphatic carbocycles. The molecule has 0 atom stereocenters. The first-order valence-electron chi connectivity index (χ1n) is 3.58. The van der Waals surface area contributed by atoms with Crippen molar-refractivity contribution in [2.24, 2.45) is 7.05 Å². The Hall–Kier alpha value is -1.80. The van der Waals surface area contributed by atoms with Crippen LogP contribution in [0.4, 0.5) is 0 Å². The van der Waals surface area contributed by atoms with E-state index in [1.165, 1.54) is 10.9 Å². The van der Waals surface area contributed by atoms with Crippen molar-refractivity contribution in [2.75, 3.05) is 6.61 Å². The number of hydroxylamine groups is 1. The highest BCUT2D eigenvalue weighted by Crippen LogP contribution is 1.94. The van der Waals surface area contributed by atoms with E-state index in [0.717, 1.165) is 0 Å². The van der Waals surface area contributed by atoms with Crippen LogP contribution in [0, 0.1) is 12.3 Å². The number of rotatable bonds is 3. The van der Waals surface area contributed by atoms with Gasteiger partial charge in [0.25, 0.3) is 5.91 Å². The summed E-state index contributed by atoms with van der Waals surface area (Å²) in [5.74, 6) is 1.86. The lowest BCUT2D eigenvalue weighted by molar-refractivity contribution is 0.0438. The predicted octanol–water partition coefficient (Wildman–Crippen LogP) is -0.285. The van der Waals surface area contributed by atoms with Gasteiger partial charge in [0.15, 0.2) is 0 Å². The van der Waals surface area contributed by atoms with Crippen molar-refractivity contribution in [3.8, 4) is 12.3 Å². The molecule has 1 N–H and O–H groups in total. The second-order valence-corrected chi connectivity index (χ2v) is 2.33. The molecule has 0 aliphatic rings. The SMILES string of the molecule is C#CCONC(=O)c1cnn(C)c1. The molecule has 5 heteroatoms. The molecule has 1 aromatic heterocycles. The van der Waals surface area contributed by atoms with Gasteiger partial charge in [-0.1, -0.05) is 5.92 Å². The highest BCUT2D eigenvalue weighted by atomic mass is 16.6. The Morgan fingerprint density at radius 2 is 2.69 bits per heavy atom. The lowest BCUT2D eigenvalue weighted by Gasteiger charge is -1.99. The number of nitrogens with one attached hydrogen (secondary N) is 1. The van der Waals surface area contributed by atoms with E-state index in [1.807, 2.05) is 0 Å². The van der Waals surface area contributed by atoms with Gasteiger partial charge in [-0.3, -0.25) is 14.3 Å². The molecule has 0 aliphatic heterocycles. The monoisotopic (exact) mass is 179 g/mol. The Bertz CT molecular complexity index is 337. The number of aryl methyl sites for hydroxylation is 1. The molecular formula is C8H9N3O2. The van der Waals surface area contributed by atoms with Crippen molar-refractivity contribution in [2.45, 2.75) is 0 Å². The molecule has 0 saturated carbocycles. The lowest BCUT2D eigenvalue weighted by Crippen LogP contribution is -2.23. The molecule has 0 saturated heterocycles. The molecule has 0 unspecified atom stereocenters. The van der Waals surface area contributed by atoms with E-state index >= 15 is 0 Å². The first-order chi connectivity index (χ1) is 6.24. The zero-order chi connectivity index (χ0) is 9.68. The van der Waals surface area contributed by atoms with Gasteiger partial charge in [0.2, 0.25) is 0 Å². The normalized spacial score (nSPS) is 9.23. The standard InChI is InChI=1S/C8H9N3O2/c1-3-4-13-10-8(12)7-5-9-11(2)6-7/h1,5-6H,4H2,2H3,(H,10,12). The molecule has 0 aromatic carbocycles. The number of carbonyl (C=O) groups is 1. The van der Waals surface area contributed by atoms with E-state index in [1.54, 1.807) is 13.2 Å². The van der Waals surface area contributed by atoms with Crippen molar-refractivity contribution >= 4 is 5.91 Å². The van der Waals surface area contributed by atoms with Crippen LogP contribution in [0.25, 0.3) is 0 Å². The molecule has 13 heavy (non-hydrogen) atoms. The molecule has 1 rings (SSSR count). The van der Waals surface area contributed by atoms with E-state index in [0.29, 0.717) is 5.56 Å². The van der Waals surface area contributed by atoms with Crippen LogP contribution in [0.2, 0.25) is 0 Å². The van der Waals surface area contributed by atoms with Crippen molar-refractivity contribution < 1.29 is 9.63 Å². The first-order valence-corrected chi connectivity index (χ1v) is 3.58. The predicted molar refractivity (Wildman–Crippen MR) is 45.5 cm³/mol. The van der Waals surface area contributed by atoms with Crippen LogP contribution in [0.5, 0.6) is 0 Å². The van der Waals surface area contributed by atoms with Crippen LogP contribution >= 0.6 is 0 Å². The smallest absolute Gasteiger partial charge is 0.275 e. The quantitative estimate of drug-likeness (QED) is 0.394. The van der Waals surface area contributed by atoms with Crippen LogP contribution in [-0.4, -0.2) is 22.3 Å². The van der Waals surface area contributed by atoms with E-state index < -0.39 is 0 Å². The maximum atomic E-state index is 11.2. The number of hydrogen-bond donors (Lipinski definition) is 1. The van der Waals surface area contributed by atoms with Gasteiger partial charge in [-0.15, -0.1) is 6.42 Å². The summed E-state index contributed by atoms with van der Waals surface area (Å²) >= 11 is 0. The van der Waals surface area contributed by atoms with E-state index in [9.17, 15) is 4.79 Å². The fourth-order valence-corrected chi connectivity index (χ4v) is 0.741. The van der Waals surface area contributed by atoms with Gasteiger partial charge in [-0.25, -0.2) is 5.48 Å². The van der Waals surface area contributed by atoms with Crippen LogP contribution in [0.1, 0.15) is 10.4 Å². The second kappa shape index (κ2) is 4.28. The lowest BCUT2D eigenvalue weighted by atomic mass is 10.3. The Labute approximate surface area is 75.6 Å². The average Bonchev–Trinajstić information content (AvgIpc) is 2.52. The molecule has 68 valence electrons. The highest BCUT2D eigenvalue weighted by molar-refractivity contribution is 5.92. The number of carbonyl (C=O) groups excluding carboxylic acids is 1. The summed E-state index contributed by atoms with van der Waals surface area (Å²) in [5.41, 5.74) is 2.61. The van der Waals surface area contributed by atoms with Crippen molar-refractivity contribution in [1.82, 2.24) is 15.3 Å². The first kappa shape index (κ1) is 9.29. The minimum Gasteiger partial charge on any atom is -0.275 e. The minimum atomic E-state index is -0.358. The van der Waals surface area contributed by atoms with Gasteiger partial charge in [-0.2, -0.15) is 5.10 Å². The van der Waals surface area contributed by atoms with E-state index in [2.05, 4.69) is 21.3 Å². The molecule has 0 spiro atoms. The van der Waals surface area contributed by atoms with Crippen LogP contribution in [-0.2, 0) is 11.9 Å². The Balaban J connectivity index is 2.45. The summed E-state index contributed by atoms with van der Waals surface area (Å²) in [6.07, 6.45) is 7.93. The molecule has 1 amide bonds. The summed E-state index contributed by atoms with van der Waals surface area (Å²) < 4.78 is 1.52. The Morgan fingerprint density at radius 3 is 3.23 bits per heavy atom. The molecule has 0 bridgehead atoms. The van der Waals surface area contributed by atoms with Crippen LogP contribution in [0.15, 0.2) is 12.4 Å². The molecule has 1 heterocycles. The molecule has 1 aromatic rings. The minimum absolute atomic E-state index is 0.0476. The van der Waals surface area contributed by atoms with E-state index in [-0.39, 0.29) is 12.5 Å². The van der Waals surface area contributed by atoms with Gasteiger partial charge < -0.3 is 0 Å². The Kier molecular flexibility index (Phi) is 3.06. The highest BCUT2D eigenvalue weighted by Gasteiger charge is 2.06. The third-order valence-corrected chi connectivity index (χ3v) is 1.29. The summed E-state index contributed by atoms with van der Waals surface area (Å²) in [7, 11) is 1.72. The van der Waals surface area contributed by atoms with Crippen LogP contribution in [0.3, 0.4) is 0 Å². The fraction of sp³-hybridized carbons (Fsp3) is 0.250. The number of hydrogen-bond acceptors (Lipinski definition) is 3. The molecule has 0 radical (unpaired) electrons. The average molecular weight is 179 g/mol. The topological polar surface area (TPSA) is 56.1 Å². The van der Waals surface area contributed by atoms with Crippen molar-refractivity contribution in [3.63, 3.8) is 0 Å². The van der Waals surface area contributed by atoms with Gasteiger partial charge >= 0.3 is 0 Å². The Morgan fingerprint density at radius 1 is 1.92 bits per heavy atom. The third kappa shape index (κ3) is 2.61. The zero-order valence-corrected chi connectivity index (χ0v) is 7.15. The number of nitrogens with zero attached hydrogens (tertiary/aromatic N) is 2. The maximum absolute atomic E-state index is 11.2. The summed E-state index contributed by atoms with van der Waals surface area (Å²) in [5, 5.41) is 3.83. The molecule has 5 nitrogen and oxygen atoms in total. The molecular weight excluding hydrogens is 170 g/mol. The van der Waals surface area contributed by atoms with Crippen LogP contribution < -0.4 is 5.48 Å². The van der Waals surface area contributed by atoms with Gasteiger partial charge in [0, 0.05) is 13.2 Å². The number of amides is 1. The third-order valence-electron chi connectivity index (χ3n) is 1.29. The van der Waals surface area contributed by atoms with Gasteiger partial charge in [0.1, 0.15) is 6.61 Å².